The van der Waals surface area contributed by atoms with E-state index >= 15 is 0 Å². The predicted octanol–water partition coefficient (Wildman–Crippen LogP) is 2.44. The Labute approximate surface area is 147 Å². The van der Waals surface area contributed by atoms with E-state index < -0.39 is 46.3 Å². The number of rotatable bonds is 3. The molecule has 0 aliphatic rings. The van der Waals surface area contributed by atoms with Crippen molar-refractivity contribution in [2.75, 3.05) is 0 Å². The van der Waals surface area contributed by atoms with Crippen LogP contribution in [0.15, 0.2) is 40.4 Å². The van der Waals surface area contributed by atoms with Gasteiger partial charge in [0.15, 0.2) is 5.75 Å². The Bertz CT molecular complexity index is 1020. The van der Waals surface area contributed by atoms with Gasteiger partial charge in [0.05, 0.1) is 10.7 Å². The number of esters is 1. The summed E-state index contributed by atoms with van der Waals surface area (Å²) in [4.78, 5) is 35.5. The molecule has 0 aliphatic heterocycles. The smallest absolute Gasteiger partial charge is 0.422 e. The van der Waals surface area contributed by atoms with Crippen molar-refractivity contribution in [1.82, 2.24) is 9.13 Å². The SMILES string of the molecule is C=CC(=O)Oc1cc(-n2c(=O)cc(C(F)(F)F)n(C)c2=O)c(F)cc1Cl. The molecule has 0 amide bonds. The largest absolute Gasteiger partial charge is 0.431 e. The lowest BCUT2D eigenvalue weighted by molar-refractivity contribution is -0.144. The summed E-state index contributed by atoms with van der Waals surface area (Å²) in [5.41, 5.74) is -5.12. The molecule has 138 valence electrons. The fourth-order valence-corrected chi connectivity index (χ4v) is 2.23. The lowest BCUT2D eigenvalue weighted by Gasteiger charge is -2.15. The van der Waals surface area contributed by atoms with Crippen molar-refractivity contribution in [2.24, 2.45) is 7.05 Å². The summed E-state index contributed by atoms with van der Waals surface area (Å²) in [5, 5.41) is -0.363. The van der Waals surface area contributed by atoms with Gasteiger partial charge in [0.1, 0.15) is 11.5 Å². The minimum absolute atomic E-state index is 0.144. The van der Waals surface area contributed by atoms with Crippen LogP contribution in [0.4, 0.5) is 17.6 Å². The minimum atomic E-state index is -4.96. The van der Waals surface area contributed by atoms with Crippen LogP contribution in [0.3, 0.4) is 0 Å². The quantitative estimate of drug-likeness (QED) is 0.348. The van der Waals surface area contributed by atoms with E-state index in [2.05, 4.69) is 6.58 Å². The van der Waals surface area contributed by atoms with E-state index in [0.29, 0.717) is 6.07 Å². The van der Waals surface area contributed by atoms with Gasteiger partial charge in [-0.3, -0.25) is 9.36 Å². The maximum atomic E-state index is 14.2. The van der Waals surface area contributed by atoms with Crippen LogP contribution in [0, 0.1) is 5.82 Å². The number of hydrogen-bond donors (Lipinski definition) is 0. The van der Waals surface area contributed by atoms with Gasteiger partial charge in [0.25, 0.3) is 5.56 Å². The number of alkyl halides is 3. The van der Waals surface area contributed by atoms with Crippen LogP contribution in [0.2, 0.25) is 5.02 Å². The fraction of sp³-hybridized carbons (Fsp3) is 0.133. The summed E-state index contributed by atoms with van der Waals surface area (Å²) in [6.07, 6.45) is -4.18. The normalized spacial score (nSPS) is 11.3. The molecule has 1 aromatic carbocycles. The molecular formula is C15H9ClF4N2O4. The van der Waals surface area contributed by atoms with E-state index in [-0.39, 0.29) is 20.2 Å². The van der Waals surface area contributed by atoms with Crippen LogP contribution in [0.25, 0.3) is 5.69 Å². The first-order valence-corrected chi connectivity index (χ1v) is 7.09. The number of aromatic nitrogens is 2. The van der Waals surface area contributed by atoms with E-state index in [1.54, 1.807) is 0 Å². The zero-order valence-corrected chi connectivity index (χ0v) is 13.7. The molecule has 0 atom stereocenters. The molecule has 2 aromatic rings. The van der Waals surface area contributed by atoms with Gasteiger partial charge in [0.2, 0.25) is 0 Å². The third kappa shape index (κ3) is 3.54. The lowest BCUT2D eigenvalue weighted by atomic mass is 10.2. The van der Waals surface area contributed by atoms with Crippen molar-refractivity contribution >= 4 is 17.6 Å². The van der Waals surface area contributed by atoms with Crippen LogP contribution in [-0.4, -0.2) is 15.1 Å². The molecule has 26 heavy (non-hydrogen) atoms. The Morgan fingerprint density at radius 3 is 2.42 bits per heavy atom. The second-order valence-electron chi connectivity index (χ2n) is 4.90. The fourth-order valence-electron chi connectivity index (χ4n) is 2.04. The summed E-state index contributed by atoms with van der Waals surface area (Å²) < 4.78 is 57.8. The van der Waals surface area contributed by atoms with Gasteiger partial charge in [-0.2, -0.15) is 13.2 Å². The van der Waals surface area contributed by atoms with Gasteiger partial charge >= 0.3 is 17.8 Å². The molecular weight excluding hydrogens is 384 g/mol. The maximum Gasteiger partial charge on any atom is 0.431 e. The van der Waals surface area contributed by atoms with Gasteiger partial charge < -0.3 is 4.74 Å². The molecule has 0 aliphatic carbocycles. The van der Waals surface area contributed by atoms with Crippen LogP contribution >= 0.6 is 11.6 Å². The molecule has 6 nitrogen and oxygen atoms in total. The highest BCUT2D eigenvalue weighted by atomic mass is 35.5. The highest BCUT2D eigenvalue weighted by Crippen LogP contribution is 2.30. The summed E-state index contributed by atoms with van der Waals surface area (Å²) in [6, 6.07) is 1.53. The Balaban J connectivity index is 2.77. The third-order valence-electron chi connectivity index (χ3n) is 3.23. The Morgan fingerprint density at radius 2 is 1.88 bits per heavy atom. The Hall–Kier alpha value is -2.88. The van der Waals surface area contributed by atoms with E-state index in [4.69, 9.17) is 16.3 Å². The Kier molecular flexibility index (Phi) is 5.08. The molecule has 0 saturated carbocycles. The number of carbonyl (C=O) groups is 1. The highest BCUT2D eigenvalue weighted by molar-refractivity contribution is 6.32. The zero-order chi connectivity index (χ0) is 19.8. The first-order chi connectivity index (χ1) is 12.0. The standard InChI is InChI=1S/C15H9ClF4N2O4/c1-3-13(24)26-10-5-9(8(17)4-7(10)16)22-12(23)6-11(15(18,19)20)21(2)14(22)25/h3-6H,1H2,2H3. The summed E-state index contributed by atoms with van der Waals surface area (Å²) in [5.74, 6) is -2.56. The van der Waals surface area contributed by atoms with E-state index in [1.165, 1.54) is 0 Å². The van der Waals surface area contributed by atoms with E-state index in [9.17, 15) is 31.9 Å². The first-order valence-electron chi connectivity index (χ1n) is 6.71. The van der Waals surface area contributed by atoms with Gasteiger partial charge in [0, 0.05) is 25.3 Å². The molecule has 11 heteroatoms. The van der Waals surface area contributed by atoms with Gasteiger partial charge in [-0.05, 0) is 6.07 Å². The van der Waals surface area contributed by atoms with Crippen LogP contribution in [-0.2, 0) is 18.0 Å². The average Bonchev–Trinajstić information content (AvgIpc) is 2.53. The number of ether oxygens (including phenoxy) is 1. The summed E-state index contributed by atoms with van der Waals surface area (Å²) >= 11 is 5.71. The van der Waals surface area contributed by atoms with Crippen molar-refractivity contribution in [3.8, 4) is 11.4 Å². The van der Waals surface area contributed by atoms with Crippen LogP contribution in [0.1, 0.15) is 5.69 Å². The number of nitrogens with zero attached hydrogens (tertiary/aromatic N) is 2. The van der Waals surface area contributed by atoms with E-state index in [0.717, 1.165) is 19.2 Å². The van der Waals surface area contributed by atoms with E-state index in [1.807, 2.05) is 0 Å². The molecule has 1 heterocycles. The maximum absolute atomic E-state index is 14.2. The minimum Gasteiger partial charge on any atom is -0.422 e. The van der Waals surface area contributed by atoms with Gasteiger partial charge in [-0.25, -0.2) is 18.5 Å². The number of hydrogen-bond acceptors (Lipinski definition) is 4. The number of carbonyl (C=O) groups excluding carboxylic acids is 1. The first kappa shape index (κ1) is 19.4. The number of benzene rings is 1. The molecule has 0 bridgehead atoms. The van der Waals surface area contributed by atoms with Crippen molar-refractivity contribution in [3.05, 3.63) is 68.2 Å². The van der Waals surface area contributed by atoms with Crippen LogP contribution < -0.4 is 16.0 Å². The topological polar surface area (TPSA) is 70.3 Å². The number of halogens is 5. The molecule has 0 N–H and O–H groups in total. The summed E-state index contributed by atoms with van der Waals surface area (Å²) in [7, 11) is 0.771. The van der Waals surface area contributed by atoms with Gasteiger partial charge in [-0.1, -0.05) is 18.2 Å². The molecule has 0 unspecified atom stereocenters. The molecule has 0 spiro atoms. The molecule has 0 radical (unpaired) electrons. The molecule has 1 aromatic heterocycles. The summed E-state index contributed by atoms with van der Waals surface area (Å²) in [6.45, 7) is 3.15. The third-order valence-corrected chi connectivity index (χ3v) is 3.53. The van der Waals surface area contributed by atoms with Crippen LogP contribution in [0.5, 0.6) is 5.75 Å². The van der Waals surface area contributed by atoms with Crippen molar-refractivity contribution < 1.29 is 27.1 Å². The van der Waals surface area contributed by atoms with Crippen molar-refractivity contribution in [2.45, 2.75) is 6.18 Å². The average molecular weight is 393 g/mol. The molecule has 0 saturated heterocycles. The predicted molar refractivity (Wildman–Crippen MR) is 83.1 cm³/mol. The van der Waals surface area contributed by atoms with Crippen molar-refractivity contribution in [3.63, 3.8) is 0 Å². The zero-order valence-electron chi connectivity index (χ0n) is 12.9. The molecule has 2 rings (SSSR count). The monoisotopic (exact) mass is 392 g/mol. The molecule has 0 fully saturated rings. The second kappa shape index (κ2) is 6.79. The highest BCUT2D eigenvalue weighted by Gasteiger charge is 2.35. The Morgan fingerprint density at radius 1 is 1.27 bits per heavy atom. The van der Waals surface area contributed by atoms with Gasteiger partial charge in [-0.15, -0.1) is 0 Å². The van der Waals surface area contributed by atoms with Crippen molar-refractivity contribution in [1.29, 1.82) is 0 Å². The lowest BCUT2D eigenvalue weighted by Crippen LogP contribution is -2.41. The second-order valence-corrected chi connectivity index (χ2v) is 5.31.